The summed E-state index contributed by atoms with van der Waals surface area (Å²) in [6, 6.07) is 8.65. The van der Waals surface area contributed by atoms with Gasteiger partial charge >= 0.3 is 5.97 Å². The average Bonchev–Trinajstić information content (AvgIpc) is 2.84. The second kappa shape index (κ2) is 11.7. The van der Waals surface area contributed by atoms with Gasteiger partial charge in [0.1, 0.15) is 5.82 Å². The Hall–Kier alpha value is -2.91. The maximum Gasteiger partial charge on any atom is 0.347 e. The van der Waals surface area contributed by atoms with E-state index in [1.54, 1.807) is 38.1 Å². The van der Waals surface area contributed by atoms with E-state index < -0.39 is 12.1 Å². The quantitative estimate of drug-likeness (QED) is 0.250. The topological polar surface area (TPSA) is 92.0 Å². The zero-order chi connectivity index (χ0) is 25.7. The van der Waals surface area contributed by atoms with E-state index in [9.17, 15) is 9.59 Å². The highest BCUT2D eigenvalue weighted by Gasteiger charge is 2.21. The molecule has 0 N–H and O–H groups in total. The lowest BCUT2D eigenvalue weighted by Gasteiger charge is -2.17. The number of carbonyl (C=O) groups excluding carboxylic acids is 1. The lowest BCUT2D eigenvalue weighted by atomic mass is 10.1. The van der Waals surface area contributed by atoms with Crippen molar-refractivity contribution in [2.45, 2.75) is 46.1 Å². The molecule has 10 heteroatoms. The largest absolute Gasteiger partial charge is 0.493 e. The summed E-state index contributed by atoms with van der Waals surface area (Å²) in [5.41, 5.74) is 0.908. The second-order valence-corrected chi connectivity index (χ2v) is 9.17. The van der Waals surface area contributed by atoms with Crippen LogP contribution in [0.3, 0.4) is 0 Å². The molecule has 2 atom stereocenters. The maximum absolute atomic E-state index is 13.3. The number of carbonyl (C=O) groups is 1. The van der Waals surface area contributed by atoms with Crippen LogP contribution in [0.15, 0.2) is 44.7 Å². The molecule has 0 saturated heterocycles. The zero-order valence-corrected chi connectivity index (χ0v) is 22.5. The number of methoxy groups -OCH3 is 1. The molecule has 0 aliphatic heterocycles. The molecule has 0 saturated carbocycles. The van der Waals surface area contributed by atoms with Crippen molar-refractivity contribution in [3.8, 4) is 11.5 Å². The number of hydrogen-bond donors (Lipinski definition) is 0. The number of nitrogens with zero attached hydrogens (tertiary/aromatic N) is 3. The van der Waals surface area contributed by atoms with Gasteiger partial charge in [0.2, 0.25) is 0 Å². The van der Waals surface area contributed by atoms with Crippen LogP contribution >= 0.6 is 27.5 Å². The van der Waals surface area contributed by atoms with Crippen LogP contribution in [-0.4, -0.2) is 41.7 Å². The predicted octanol–water partition coefficient (Wildman–Crippen LogP) is 5.55. The van der Waals surface area contributed by atoms with Gasteiger partial charge in [-0.25, -0.2) is 9.78 Å². The molecule has 1 heterocycles. The molecule has 0 unspecified atom stereocenters. The number of aromatic nitrogens is 2. The fraction of sp³-hybridized carbons (Fsp3) is 0.360. The Morgan fingerprint density at radius 1 is 1.26 bits per heavy atom. The molecule has 1 aromatic heterocycles. The normalized spacial score (nSPS) is 13.1. The Labute approximate surface area is 217 Å². The summed E-state index contributed by atoms with van der Waals surface area (Å²) in [7, 11) is 1.46. The summed E-state index contributed by atoms with van der Waals surface area (Å²) in [5, 5.41) is 5.13. The van der Waals surface area contributed by atoms with Gasteiger partial charge in [0, 0.05) is 10.4 Å². The molecule has 2 aromatic carbocycles. The van der Waals surface area contributed by atoms with Crippen molar-refractivity contribution >= 4 is 50.6 Å². The van der Waals surface area contributed by atoms with Gasteiger partial charge in [0.05, 0.1) is 35.9 Å². The zero-order valence-electron chi connectivity index (χ0n) is 20.2. The van der Waals surface area contributed by atoms with E-state index in [-0.39, 0.29) is 28.9 Å². The van der Waals surface area contributed by atoms with E-state index in [0.29, 0.717) is 28.0 Å². The highest BCUT2D eigenvalue weighted by Crippen LogP contribution is 2.37. The Kier molecular flexibility index (Phi) is 8.91. The molecular formula is C25H27BrClN3O5. The molecule has 0 amide bonds. The van der Waals surface area contributed by atoms with Crippen LogP contribution in [0.4, 0.5) is 0 Å². The van der Waals surface area contributed by atoms with E-state index >= 15 is 0 Å². The minimum Gasteiger partial charge on any atom is -0.493 e. The van der Waals surface area contributed by atoms with Crippen molar-refractivity contribution in [3.63, 3.8) is 0 Å². The van der Waals surface area contributed by atoms with E-state index in [2.05, 4.69) is 21.0 Å². The minimum atomic E-state index is -0.875. The summed E-state index contributed by atoms with van der Waals surface area (Å²) in [6.07, 6.45) is 1.42. The van der Waals surface area contributed by atoms with Crippen molar-refractivity contribution in [1.82, 2.24) is 9.66 Å². The molecular weight excluding hydrogens is 538 g/mol. The molecule has 0 aliphatic rings. The van der Waals surface area contributed by atoms with Crippen LogP contribution in [0.25, 0.3) is 10.9 Å². The van der Waals surface area contributed by atoms with Gasteiger partial charge in [-0.3, -0.25) is 4.79 Å². The van der Waals surface area contributed by atoms with Gasteiger partial charge < -0.3 is 14.2 Å². The van der Waals surface area contributed by atoms with E-state index in [1.807, 2.05) is 19.9 Å². The van der Waals surface area contributed by atoms with Gasteiger partial charge in [0.15, 0.2) is 17.6 Å². The Morgan fingerprint density at radius 3 is 2.66 bits per heavy atom. The van der Waals surface area contributed by atoms with Gasteiger partial charge in [0.25, 0.3) is 5.56 Å². The van der Waals surface area contributed by atoms with Crippen molar-refractivity contribution in [2.75, 3.05) is 13.7 Å². The minimum absolute atomic E-state index is 0.00570. The fourth-order valence-electron chi connectivity index (χ4n) is 3.32. The maximum atomic E-state index is 13.3. The van der Waals surface area contributed by atoms with Crippen LogP contribution in [0.1, 0.15) is 51.4 Å². The molecule has 8 nitrogen and oxygen atoms in total. The first kappa shape index (κ1) is 26.7. The predicted molar refractivity (Wildman–Crippen MR) is 140 cm³/mol. The third kappa shape index (κ3) is 6.02. The number of esters is 1. The summed E-state index contributed by atoms with van der Waals surface area (Å²) >= 11 is 9.86. The molecule has 35 heavy (non-hydrogen) atoms. The van der Waals surface area contributed by atoms with Crippen molar-refractivity contribution < 1.29 is 19.0 Å². The van der Waals surface area contributed by atoms with Gasteiger partial charge in [-0.05, 0) is 56.2 Å². The van der Waals surface area contributed by atoms with Gasteiger partial charge in [-0.15, -0.1) is 0 Å². The van der Waals surface area contributed by atoms with Crippen molar-refractivity contribution in [1.29, 1.82) is 0 Å². The molecule has 3 rings (SSSR count). The smallest absolute Gasteiger partial charge is 0.347 e. The fourth-order valence-corrected chi connectivity index (χ4v) is 3.94. The number of benzene rings is 2. The van der Waals surface area contributed by atoms with Gasteiger partial charge in [-0.2, -0.15) is 9.78 Å². The first-order valence-electron chi connectivity index (χ1n) is 11.2. The molecule has 0 fully saturated rings. The van der Waals surface area contributed by atoms with Gasteiger partial charge in [-0.1, -0.05) is 41.4 Å². The highest BCUT2D eigenvalue weighted by atomic mass is 79.9. The number of ether oxygens (including phenoxy) is 3. The van der Waals surface area contributed by atoms with E-state index in [0.717, 1.165) is 10.9 Å². The molecule has 186 valence electrons. The first-order valence-corrected chi connectivity index (χ1v) is 12.3. The molecule has 0 bridgehead atoms. The van der Waals surface area contributed by atoms with Crippen LogP contribution < -0.4 is 15.0 Å². The lowest BCUT2D eigenvalue weighted by Crippen LogP contribution is -2.26. The van der Waals surface area contributed by atoms with Crippen molar-refractivity contribution in [3.05, 3.63) is 61.6 Å². The van der Waals surface area contributed by atoms with Crippen LogP contribution in [0.5, 0.6) is 11.5 Å². The molecule has 0 spiro atoms. The summed E-state index contributed by atoms with van der Waals surface area (Å²) in [5.74, 6) is 0.575. The van der Waals surface area contributed by atoms with E-state index in [4.69, 9.17) is 30.8 Å². The number of hydrogen-bond acceptors (Lipinski definition) is 7. The summed E-state index contributed by atoms with van der Waals surface area (Å²) in [6.45, 7) is 7.54. The Bertz CT molecular complexity index is 1320. The summed E-state index contributed by atoms with van der Waals surface area (Å²) in [4.78, 5) is 30.0. The third-order valence-electron chi connectivity index (χ3n) is 5.37. The average molecular weight is 565 g/mol. The number of rotatable bonds is 9. The molecule has 0 aliphatic carbocycles. The third-order valence-corrected chi connectivity index (χ3v) is 6.15. The van der Waals surface area contributed by atoms with E-state index in [1.165, 1.54) is 18.0 Å². The monoisotopic (exact) mass is 563 g/mol. The van der Waals surface area contributed by atoms with Crippen LogP contribution in [0.2, 0.25) is 5.02 Å². The highest BCUT2D eigenvalue weighted by molar-refractivity contribution is 9.10. The lowest BCUT2D eigenvalue weighted by molar-refractivity contribution is -0.150. The SMILES string of the molecule is CCOC(=O)[C@H](C)Oc1c(Cl)cc(C=Nn2c([C@@H](C)CC)nc3ccc(Br)cc3c2=O)cc1OC. The molecule has 0 radical (unpaired) electrons. The van der Waals surface area contributed by atoms with Crippen LogP contribution in [-0.2, 0) is 9.53 Å². The standard InChI is InChI=1S/C25H27BrClN3O5/c1-6-14(3)23-29-20-9-8-17(26)12-18(20)24(31)30(23)28-13-16-10-19(27)22(21(11-16)33-5)35-15(4)25(32)34-7-2/h8-15H,6-7H2,1-5H3/t14-,15-/m0/s1. The number of fused-ring (bicyclic) bond motifs is 1. The Balaban J connectivity index is 2.04. The summed E-state index contributed by atoms with van der Waals surface area (Å²) < 4.78 is 18.2. The first-order chi connectivity index (χ1) is 16.7. The molecule has 3 aromatic rings. The Morgan fingerprint density at radius 2 is 2.00 bits per heavy atom. The second-order valence-electron chi connectivity index (χ2n) is 7.85. The van der Waals surface area contributed by atoms with Crippen molar-refractivity contribution in [2.24, 2.45) is 5.10 Å². The number of halogens is 2. The van der Waals surface area contributed by atoms with Crippen LogP contribution in [0, 0.1) is 0 Å².